The lowest BCUT2D eigenvalue weighted by atomic mass is 10.1. The van der Waals surface area contributed by atoms with Crippen molar-refractivity contribution in [2.75, 3.05) is 0 Å². The van der Waals surface area contributed by atoms with Gasteiger partial charge in [-0.25, -0.2) is 9.18 Å². The molecule has 148 valence electrons. The number of nitrogens with zero attached hydrogens (tertiary/aromatic N) is 3. The Bertz CT molecular complexity index is 1250. The van der Waals surface area contributed by atoms with E-state index in [9.17, 15) is 14.3 Å². The zero-order valence-corrected chi connectivity index (χ0v) is 16.7. The maximum atomic E-state index is 13.2. The van der Waals surface area contributed by atoms with E-state index in [-0.39, 0.29) is 11.6 Å². The standard InChI is InChI=1S/C21H18FN3O3S/c1-3-12-8-16-14(9-19(27)28-18(16)10-17(12)26)11-29-21-24-23-20(25(21)2)13-4-6-15(22)7-5-13/h4-10,26H,3,11H2,1-2H3. The summed E-state index contributed by atoms with van der Waals surface area (Å²) in [7, 11) is 1.84. The molecule has 0 bridgehead atoms. The van der Waals surface area contributed by atoms with Crippen LogP contribution in [0.2, 0.25) is 0 Å². The van der Waals surface area contributed by atoms with Gasteiger partial charge in [-0.3, -0.25) is 0 Å². The van der Waals surface area contributed by atoms with Crippen LogP contribution in [-0.2, 0) is 19.2 Å². The van der Waals surface area contributed by atoms with Crippen molar-refractivity contribution in [2.24, 2.45) is 7.05 Å². The van der Waals surface area contributed by atoms with Crippen LogP contribution in [0, 0.1) is 5.82 Å². The minimum Gasteiger partial charge on any atom is -0.508 e. The summed E-state index contributed by atoms with van der Waals surface area (Å²) in [5.74, 6) is 0.914. The summed E-state index contributed by atoms with van der Waals surface area (Å²) < 4.78 is 20.2. The van der Waals surface area contributed by atoms with Crippen molar-refractivity contribution in [1.82, 2.24) is 14.8 Å². The Labute approximate surface area is 170 Å². The first-order valence-electron chi connectivity index (χ1n) is 9.03. The van der Waals surface area contributed by atoms with Gasteiger partial charge < -0.3 is 14.1 Å². The summed E-state index contributed by atoms with van der Waals surface area (Å²) in [6.45, 7) is 1.95. The number of hydrogen-bond donors (Lipinski definition) is 1. The van der Waals surface area contributed by atoms with Crippen molar-refractivity contribution in [3.63, 3.8) is 0 Å². The van der Waals surface area contributed by atoms with Gasteiger partial charge >= 0.3 is 5.63 Å². The van der Waals surface area contributed by atoms with Gasteiger partial charge in [0.1, 0.15) is 17.1 Å². The first kappa shape index (κ1) is 19.2. The Hall–Kier alpha value is -3.13. The van der Waals surface area contributed by atoms with Gasteiger partial charge in [0.25, 0.3) is 0 Å². The van der Waals surface area contributed by atoms with E-state index in [4.69, 9.17) is 4.42 Å². The number of halogens is 1. The highest BCUT2D eigenvalue weighted by Crippen LogP contribution is 2.31. The number of aromatic nitrogens is 3. The second kappa shape index (κ2) is 7.71. The van der Waals surface area contributed by atoms with Crippen LogP contribution < -0.4 is 5.63 Å². The zero-order valence-electron chi connectivity index (χ0n) is 15.8. The van der Waals surface area contributed by atoms with Crippen molar-refractivity contribution in [3.05, 3.63) is 69.8 Å². The first-order valence-corrected chi connectivity index (χ1v) is 10.0. The van der Waals surface area contributed by atoms with Crippen molar-refractivity contribution in [3.8, 4) is 17.1 Å². The normalized spacial score (nSPS) is 11.3. The van der Waals surface area contributed by atoms with Gasteiger partial charge in [-0.05, 0) is 47.9 Å². The highest BCUT2D eigenvalue weighted by Gasteiger charge is 2.14. The number of thioether (sulfide) groups is 1. The van der Waals surface area contributed by atoms with Crippen molar-refractivity contribution in [2.45, 2.75) is 24.3 Å². The summed E-state index contributed by atoms with van der Waals surface area (Å²) in [5.41, 5.74) is 2.23. The van der Waals surface area contributed by atoms with Gasteiger partial charge in [0, 0.05) is 35.9 Å². The molecule has 8 heteroatoms. The highest BCUT2D eigenvalue weighted by atomic mass is 32.2. The molecular weight excluding hydrogens is 393 g/mol. The van der Waals surface area contributed by atoms with Gasteiger partial charge in [-0.2, -0.15) is 0 Å². The molecule has 0 radical (unpaired) electrons. The fourth-order valence-corrected chi connectivity index (χ4v) is 4.05. The lowest BCUT2D eigenvalue weighted by molar-refractivity contribution is 0.466. The third-order valence-corrected chi connectivity index (χ3v) is 5.77. The molecule has 4 rings (SSSR count). The molecule has 0 atom stereocenters. The van der Waals surface area contributed by atoms with Gasteiger partial charge in [0.15, 0.2) is 11.0 Å². The predicted octanol–water partition coefficient (Wildman–Crippen LogP) is 4.29. The molecular formula is C21H18FN3O3S. The molecule has 0 saturated carbocycles. The van der Waals surface area contributed by atoms with Crippen LogP contribution in [-0.4, -0.2) is 19.9 Å². The maximum Gasteiger partial charge on any atom is 0.336 e. The third kappa shape index (κ3) is 3.75. The summed E-state index contributed by atoms with van der Waals surface area (Å²) in [5, 5.41) is 19.9. The number of phenolic OH excluding ortho intramolecular Hbond substituents is 1. The van der Waals surface area contributed by atoms with Crippen molar-refractivity contribution < 1.29 is 13.9 Å². The first-order chi connectivity index (χ1) is 14.0. The van der Waals surface area contributed by atoms with E-state index < -0.39 is 5.63 Å². The molecule has 0 aliphatic carbocycles. The summed E-state index contributed by atoms with van der Waals surface area (Å²) in [6, 6.07) is 10.9. The molecule has 29 heavy (non-hydrogen) atoms. The molecule has 2 aromatic carbocycles. The Balaban J connectivity index is 1.65. The van der Waals surface area contributed by atoms with Crippen LogP contribution >= 0.6 is 11.8 Å². The second-order valence-electron chi connectivity index (χ2n) is 6.58. The SMILES string of the molecule is CCc1cc2c(CSc3nnc(-c4ccc(F)cc4)n3C)cc(=O)oc2cc1O. The van der Waals surface area contributed by atoms with E-state index in [1.54, 1.807) is 12.1 Å². The number of rotatable bonds is 5. The molecule has 0 unspecified atom stereocenters. The van der Waals surface area contributed by atoms with Crippen LogP contribution in [0.25, 0.3) is 22.4 Å². The van der Waals surface area contributed by atoms with E-state index in [0.717, 1.165) is 22.1 Å². The molecule has 0 amide bonds. The number of benzene rings is 2. The Morgan fingerprint density at radius 3 is 2.62 bits per heavy atom. The summed E-state index contributed by atoms with van der Waals surface area (Å²) in [4.78, 5) is 11.9. The lowest BCUT2D eigenvalue weighted by Crippen LogP contribution is -2.01. The number of aromatic hydroxyl groups is 1. The van der Waals surface area contributed by atoms with Crippen LogP contribution in [0.1, 0.15) is 18.1 Å². The van der Waals surface area contributed by atoms with Crippen LogP contribution in [0.4, 0.5) is 4.39 Å². The highest BCUT2D eigenvalue weighted by molar-refractivity contribution is 7.98. The topological polar surface area (TPSA) is 81.2 Å². The van der Waals surface area contributed by atoms with Crippen LogP contribution in [0.5, 0.6) is 5.75 Å². The fraction of sp³-hybridized carbons (Fsp3) is 0.190. The largest absolute Gasteiger partial charge is 0.508 e. The third-order valence-electron chi connectivity index (χ3n) is 4.70. The zero-order chi connectivity index (χ0) is 20.5. The van der Waals surface area contributed by atoms with Crippen molar-refractivity contribution in [1.29, 1.82) is 0 Å². The molecule has 1 N–H and O–H groups in total. The van der Waals surface area contributed by atoms with Gasteiger partial charge in [-0.15, -0.1) is 10.2 Å². The van der Waals surface area contributed by atoms with E-state index in [0.29, 0.717) is 28.7 Å². The maximum absolute atomic E-state index is 13.2. The monoisotopic (exact) mass is 411 g/mol. The smallest absolute Gasteiger partial charge is 0.336 e. The van der Waals surface area contributed by atoms with Crippen LogP contribution in [0.3, 0.4) is 0 Å². The molecule has 2 aromatic heterocycles. The van der Waals surface area contributed by atoms with E-state index in [1.165, 1.54) is 36.0 Å². The number of aryl methyl sites for hydroxylation is 1. The quantitative estimate of drug-likeness (QED) is 0.390. The molecule has 0 spiro atoms. The van der Waals surface area contributed by atoms with E-state index in [1.807, 2.05) is 24.6 Å². The minimum absolute atomic E-state index is 0.116. The molecule has 2 heterocycles. The number of phenols is 1. The molecule has 0 aliphatic heterocycles. The average molecular weight is 411 g/mol. The number of hydrogen-bond acceptors (Lipinski definition) is 6. The van der Waals surface area contributed by atoms with Gasteiger partial charge in [0.05, 0.1) is 0 Å². The molecule has 0 saturated heterocycles. The van der Waals surface area contributed by atoms with Crippen LogP contribution in [0.15, 0.2) is 56.8 Å². The minimum atomic E-state index is -0.471. The Kier molecular flexibility index (Phi) is 5.10. The molecule has 6 nitrogen and oxygen atoms in total. The Morgan fingerprint density at radius 1 is 1.14 bits per heavy atom. The van der Waals surface area contributed by atoms with E-state index in [2.05, 4.69) is 10.2 Å². The van der Waals surface area contributed by atoms with E-state index >= 15 is 0 Å². The van der Waals surface area contributed by atoms with Gasteiger partial charge in [-0.1, -0.05) is 18.7 Å². The lowest BCUT2D eigenvalue weighted by Gasteiger charge is -2.09. The fourth-order valence-electron chi connectivity index (χ4n) is 3.14. The summed E-state index contributed by atoms with van der Waals surface area (Å²) >= 11 is 1.43. The molecule has 0 aliphatic rings. The Morgan fingerprint density at radius 2 is 1.90 bits per heavy atom. The number of fused-ring (bicyclic) bond motifs is 1. The molecule has 0 fully saturated rings. The molecule has 4 aromatic rings. The predicted molar refractivity (Wildman–Crippen MR) is 109 cm³/mol. The second-order valence-corrected chi connectivity index (χ2v) is 7.52. The average Bonchev–Trinajstić information content (AvgIpc) is 3.06. The van der Waals surface area contributed by atoms with Crippen molar-refractivity contribution >= 4 is 22.7 Å². The van der Waals surface area contributed by atoms with Gasteiger partial charge in [0.2, 0.25) is 0 Å². The summed E-state index contributed by atoms with van der Waals surface area (Å²) in [6.07, 6.45) is 0.664.